The highest BCUT2D eigenvalue weighted by atomic mass is 35.5. The van der Waals surface area contributed by atoms with Crippen molar-refractivity contribution < 1.29 is 18.0 Å². The molecule has 25 heavy (non-hydrogen) atoms. The number of carbonyl (C=O) groups is 1. The number of halogens is 4. The summed E-state index contributed by atoms with van der Waals surface area (Å²) in [4.78, 5) is 11.8. The van der Waals surface area contributed by atoms with E-state index in [4.69, 9.17) is 11.6 Å². The quantitative estimate of drug-likeness (QED) is 0.745. The maximum Gasteiger partial charge on any atom is 0.436 e. The molecule has 1 amide bonds. The fourth-order valence-corrected chi connectivity index (χ4v) is 2.61. The number of benzene rings is 1. The van der Waals surface area contributed by atoms with Crippen LogP contribution >= 0.6 is 11.6 Å². The van der Waals surface area contributed by atoms with Crippen LogP contribution in [0.1, 0.15) is 29.8 Å². The van der Waals surface area contributed by atoms with Crippen LogP contribution in [0.4, 0.5) is 13.2 Å². The van der Waals surface area contributed by atoms with Gasteiger partial charge >= 0.3 is 6.18 Å². The Balaban J connectivity index is 1.75. The number of rotatable bonds is 7. The third-order valence-electron chi connectivity index (χ3n) is 3.75. The lowest BCUT2D eigenvalue weighted by Crippen LogP contribution is -2.25. The Labute approximate surface area is 149 Å². The van der Waals surface area contributed by atoms with Crippen molar-refractivity contribution >= 4 is 17.5 Å². The zero-order valence-electron chi connectivity index (χ0n) is 13.7. The summed E-state index contributed by atoms with van der Waals surface area (Å²) in [5, 5.41) is 5.90. The first-order valence-corrected chi connectivity index (χ1v) is 8.27. The highest BCUT2D eigenvalue weighted by molar-refractivity contribution is 6.31. The van der Waals surface area contributed by atoms with Crippen molar-refractivity contribution in [2.75, 3.05) is 6.54 Å². The molecule has 2 aromatic rings. The van der Waals surface area contributed by atoms with Crippen LogP contribution in [-0.4, -0.2) is 22.2 Å². The van der Waals surface area contributed by atoms with Gasteiger partial charge in [0.1, 0.15) is 0 Å². The Bertz CT molecular complexity index is 714. The van der Waals surface area contributed by atoms with E-state index in [9.17, 15) is 18.0 Å². The van der Waals surface area contributed by atoms with Gasteiger partial charge in [0.15, 0.2) is 5.69 Å². The molecule has 0 aliphatic heterocycles. The number of nitrogens with zero attached hydrogens (tertiary/aromatic N) is 2. The van der Waals surface area contributed by atoms with Crippen molar-refractivity contribution in [3.63, 3.8) is 0 Å². The Kier molecular flexibility index (Phi) is 6.47. The summed E-state index contributed by atoms with van der Waals surface area (Å²) in [6.07, 6.45) is -3.09. The second-order valence-corrected chi connectivity index (χ2v) is 6.04. The van der Waals surface area contributed by atoms with Gasteiger partial charge in [-0.2, -0.15) is 18.3 Å². The number of nitrogens with one attached hydrogen (secondary N) is 1. The molecular weight excluding hydrogens is 355 g/mol. The molecule has 2 rings (SSSR count). The Morgan fingerprint density at radius 2 is 1.96 bits per heavy atom. The van der Waals surface area contributed by atoms with Gasteiger partial charge < -0.3 is 5.32 Å². The summed E-state index contributed by atoms with van der Waals surface area (Å²) >= 11 is 5.69. The SMILES string of the molecule is Cc1c(Cl)c(C(F)(F)F)nn1CCCNC(=O)CCc1ccccc1. The maximum absolute atomic E-state index is 12.7. The molecule has 8 heteroatoms. The molecule has 0 saturated carbocycles. The van der Waals surface area contributed by atoms with Crippen molar-refractivity contribution in [2.45, 2.75) is 38.9 Å². The molecule has 0 radical (unpaired) electrons. The van der Waals surface area contributed by atoms with Crippen LogP contribution in [-0.2, 0) is 23.9 Å². The molecule has 0 bridgehead atoms. The predicted molar refractivity (Wildman–Crippen MR) is 89.4 cm³/mol. The average molecular weight is 374 g/mol. The van der Waals surface area contributed by atoms with Gasteiger partial charge in [0.2, 0.25) is 5.91 Å². The number of hydrogen-bond donors (Lipinski definition) is 1. The van der Waals surface area contributed by atoms with Gasteiger partial charge in [-0.25, -0.2) is 0 Å². The van der Waals surface area contributed by atoms with E-state index in [1.165, 1.54) is 11.6 Å². The molecule has 0 spiro atoms. The number of carbonyl (C=O) groups excluding carboxylic acids is 1. The molecule has 0 unspecified atom stereocenters. The van der Waals surface area contributed by atoms with Crippen LogP contribution in [0, 0.1) is 6.92 Å². The van der Waals surface area contributed by atoms with Crippen molar-refractivity contribution in [1.29, 1.82) is 0 Å². The fraction of sp³-hybridized carbons (Fsp3) is 0.412. The second-order valence-electron chi connectivity index (χ2n) is 5.66. The van der Waals surface area contributed by atoms with Crippen molar-refractivity contribution in [3.8, 4) is 0 Å². The summed E-state index contributed by atoms with van der Waals surface area (Å²) in [5.74, 6) is -0.0879. The lowest BCUT2D eigenvalue weighted by molar-refractivity contribution is -0.141. The van der Waals surface area contributed by atoms with E-state index in [0.29, 0.717) is 25.8 Å². The third-order valence-corrected chi connectivity index (χ3v) is 4.21. The highest BCUT2D eigenvalue weighted by Crippen LogP contribution is 2.35. The molecule has 136 valence electrons. The topological polar surface area (TPSA) is 46.9 Å². The van der Waals surface area contributed by atoms with Crippen LogP contribution in [0.5, 0.6) is 0 Å². The van der Waals surface area contributed by atoms with E-state index >= 15 is 0 Å². The van der Waals surface area contributed by atoms with Gasteiger partial charge in [0.05, 0.1) is 10.7 Å². The molecular formula is C17H19ClF3N3O. The minimum absolute atomic E-state index is 0.0879. The molecule has 1 aromatic heterocycles. The largest absolute Gasteiger partial charge is 0.436 e. The second kappa shape index (κ2) is 8.38. The molecule has 0 aliphatic rings. The number of aryl methyl sites for hydroxylation is 2. The first kappa shape index (κ1) is 19.3. The number of alkyl halides is 3. The van der Waals surface area contributed by atoms with Gasteiger partial charge in [-0.05, 0) is 25.3 Å². The average Bonchev–Trinajstić information content (AvgIpc) is 2.86. The summed E-state index contributed by atoms with van der Waals surface area (Å²) in [7, 11) is 0. The van der Waals surface area contributed by atoms with Crippen molar-refractivity contribution in [2.24, 2.45) is 0 Å². The van der Waals surface area contributed by atoms with Gasteiger partial charge in [0, 0.05) is 19.5 Å². The van der Waals surface area contributed by atoms with Crippen LogP contribution < -0.4 is 5.32 Å². The van der Waals surface area contributed by atoms with E-state index in [0.717, 1.165) is 5.56 Å². The lowest BCUT2D eigenvalue weighted by Gasteiger charge is -2.07. The number of aromatic nitrogens is 2. The molecule has 1 heterocycles. The standard InChI is InChI=1S/C17H19ClF3N3O/c1-12-15(18)16(17(19,20)21)23-24(12)11-5-10-22-14(25)9-8-13-6-3-2-4-7-13/h2-4,6-7H,5,8-11H2,1H3,(H,22,25). The minimum Gasteiger partial charge on any atom is -0.356 e. The number of amides is 1. The monoisotopic (exact) mass is 373 g/mol. The van der Waals surface area contributed by atoms with E-state index < -0.39 is 11.9 Å². The van der Waals surface area contributed by atoms with Crippen LogP contribution in [0.2, 0.25) is 5.02 Å². The third kappa shape index (κ3) is 5.49. The zero-order valence-corrected chi connectivity index (χ0v) is 14.5. The maximum atomic E-state index is 12.7. The molecule has 0 fully saturated rings. The first-order chi connectivity index (χ1) is 11.8. The van der Waals surface area contributed by atoms with E-state index in [1.807, 2.05) is 30.3 Å². The molecule has 0 saturated heterocycles. The van der Waals surface area contributed by atoms with E-state index in [-0.39, 0.29) is 23.2 Å². The van der Waals surface area contributed by atoms with E-state index in [2.05, 4.69) is 10.4 Å². The minimum atomic E-state index is -4.57. The van der Waals surface area contributed by atoms with E-state index in [1.54, 1.807) is 0 Å². The zero-order chi connectivity index (χ0) is 18.4. The van der Waals surface area contributed by atoms with Crippen LogP contribution in [0.15, 0.2) is 30.3 Å². The Morgan fingerprint density at radius 1 is 1.28 bits per heavy atom. The Morgan fingerprint density at radius 3 is 2.56 bits per heavy atom. The van der Waals surface area contributed by atoms with Gasteiger partial charge in [-0.15, -0.1) is 0 Å². The fourth-order valence-electron chi connectivity index (χ4n) is 2.37. The lowest BCUT2D eigenvalue weighted by atomic mass is 10.1. The highest BCUT2D eigenvalue weighted by Gasteiger charge is 2.38. The molecule has 0 atom stereocenters. The smallest absolute Gasteiger partial charge is 0.356 e. The summed E-state index contributed by atoms with van der Waals surface area (Å²) in [6.45, 7) is 2.11. The van der Waals surface area contributed by atoms with Gasteiger partial charge in [0.25, 0.3) is 0 Å². The summed E-state index contributed by atoms with van der Waals surface area (Å²) in [5.41, 5.74) is 0.280. The normalized spacial score (nSPS) is 11.6. The first-order valence-electron chi connectivity index (χ1n) is 7.89. The number of hydrogen-bond acceptors (Lipinski definition) is 2. The van der Waals surface area contributed by atoms with Crippen LogP contribution in [0.25, 0.3) is 0 Å². The summed E-state index contributed by atoms with van der Waals surface area (Å²) < 4.78 is 39.5. The predicted octanol–water partition coefficient (Wildman–Crippen LogP) is 4.00. The Hall–Kier alpha value is -2.02. The molecule has 1 aromatic carbocycles. The van der Waals surface area contributed by atoms with Crippen molar-refractivity contribution in [1.82, 2.24) is 15.1 Å². The summed E-state index contributed by atoms with van der Waals surface area (Å²) in [6, 6.07) is 9.66. The molecule has 1 N–H and O–H groups in total. The van der Waals surface area contributed by atoms with Gasteiger partial charge in [-0.1, -0.05) is 41.9 Å². The van der Waals surface area contributed by atoms with Crippen molar-refractivity contribution in [3.05, 3.63) is 52.3 Å². The van der Waals surface area contributed by atoms with Crippen LogP contribution in [0.3, 0.4) is 0 Å². The molecule has 0 aliphatic carbocycles. The molecule has 4 nitrogen and oxygen atoms in total. The van der Waals surface area contributed by atoms with Gasteiger partial charge in [-0.3, -0.25) is 9.48 Å².